The summed E-state index contributed by atoms with van der Waals surface area (Å²) >= 11 is 0. The largest absolute Gasteiger partial charge is 2.00 e. The maximum Gasteiger partial charge on any atom is 2.00 e. The van der Waals surface area contributed by atoms with Gasteiger partial charge in [0.1, 0.15) is 0 Å². The Balaban J connectivity index is 0. The van der Waals surface area contributed by atoms with E-state index >= 15 is 0 Å². The normalized spacial score (nSPS) is 0. The molecule has 0 unspecified atom stereocenters. The Morgan fingerprint density at radius 1 is 0.273 bits per heavy atom. The van der Waals surface area contributed by atoms with Crippen LogP contribution in [-0.4, -0.2) is 89.3 Å². The molecule has 0 aromatic heterocycles. The Labute approximate surface area is 131 Å². The van der Waals surface area contributed by atoms with Crippen LogP contribution < -0.4 is 0 Å². The summed E-state index contributed by atoms with van der Waals surface area (Å²) < 4.78 is 0. The van der Waals surface area contributed by atoms with E-state index in [-0.39, 0.29) is 133 Å². The summed E-state index contributed by atoms with van der Waals surface area (Å²) in [5, 5.41) is 0. The van der Waals surface area contributed by atoms with Gasteiger partial charge >= 0.3 is 45.5 Å². The fourth-order valence-electron chi connectivity index (χ4n) is 0. The van der Waals surface area contributed by atoms with Crippen molar-refractivity contribution in [1.82, 2.24) is 0 Å². The molecule has 0 saturated heterocycles. The standard InChI is InChI=1S/8H2O.Sr.2Ti/h8*1H2;;;/q;;;;;;;;+2;;/p-8. The molecule has 0 spiro atoms. The van der Waals surface area contributed by atoms with Gasteiger partial charge in [0.25, 0.3) is 0 Å². The fourth-order valence-corrected chi connectivity index (χ4v) is 0. The third-order valence-electron chi connectivity index (χ3n) is 0. The first kappa shape index (κ1) is 321. The molecule has 0 aromatic rings. The van der Waals surface area contributed by atoms with E-state index in [4.69, 9.17) is 0 Å². The van der Waals surface area contributed by atoms with Crippen molar-refractivity contribution in [2.75, 3.05) is 0 Å². The van der Waals surface area contributed by atoms with Crippen molar-refractivity contribution < 1.29 is 87.2 Å². The Morgan fingerprint density at radius 2 is 0.273 bits per heavy atom. The molecular weight excluding hydrogens is 311 g/mol. The molecule has 8 nitrogen and oxygen atoms in total. The summed E-state index contributed by atoms with van der Waals surface area (Å²) in [6, 6.07) is 0. The Kier molecular flexibility index (Phi) is 7370. The molecule has 8 N–H and O–H groups in total. The number of rotatable bonds is 0. The topological polar surface area (TPSA) is 240 Å². The van der Waals surface area contributed by atoms with E-state index in [0.29, 0.717) is 0 Å². The zero-order valence-electron chi connectivity index (χ0n) is 5.28. The van der Waals surface area contributed by atoms with E-state index in [1.54, 1.807) is 0 Å². The molecule has 0 atom stereocenters. The van der Waals surface area contributed by atoms with Gasteiger partial charge in [0.15, 0.2) is 0 Å². The molecule has 0 saturated carbocycles. The first-order valence-electron chi connectivity index (χ1n) is 0. The van der Waals surface area contributed by atoms with Crippen LogP contribution in [0.3, 0.4) is 0 Å². The van der Waals surface area contributed by atoms with Gasteiger partial charge in [-0.1, -0.05) is 0 Å². The van der Waals surface area contributed by atoms with Gasteiger partial charge < -0.3 is 43.8 Å². The van der Waals surface area contributed by atoms with Gasteiger partial charge in [-0.05, 0) is 0 Å². The van der Waals surface area contributed by atoms with Crippen LogP contribution in [0.25, 0.3) is 0 Å². The van der Waals surface area contributed by atoms with Crippen molar-refractivity contribution in [2.45, 2.75) is 0 Å². The molecule has 11 heavy (non-hydrogen) atoms. The van der Waals surface area contributed by atoms with Crippen molar-refractivity contribution in [3.8, 4) is 0 Å². The quantitative estimate of drug-likeness (QED) is 0.459. The Morgan fingerprint density at radius 3 is 0.273 bits per heavy atom. The van der Waals surface area contributed by atoms with Gasteiger partial charge in [-0.15, -0.1) is 0 Å². The zero-order valence-corrected chi connectivity index (χ0v) is 11.9. The van der Waals surface area contributed by atoms with Gasteiger partial charge in [0.2, 0.25) is 0 Å². The zero-order chi connectivity index (χ0) is 0. The molecule has 0 aliphatic heterocycles. The molecule has 11 heteroatoms. The summed E-state index contributed by atoms with van der Waals surface area (Å²) in [6.07, 6.45) is 0. The SMILES string of the molecule is [OH-].[OH-].[OH-].[OH-].[OH-].[OH-].[OH-].[OH-].[Sr+2].[Ti].[Ti]. The average molecular weight is 319 g/mol. The maximum atomic E-state index is 0. The third-order valence-corrected chi connectivity index (χ3v) is 0. The maximum absolute atomic E-state index is 0. The van der Waals surface area contributed by atoms with Crippen LogP contribution in [0, 0.1) is 0 Å². The van der Waals surface area contributed by atoms with Crippen molar-refractivity contribution >= 4 is 45.5 Å². The Bertz CT molecular complexity index is 12.1. The summed E-state index contributed by atoms with van der Waals surface area (Å²) in [7, 11) is 0. The van der Waals surface area contributed by atoms with Crippen LogP contribution in [-0.2, 0) is 43.4 Å². The second kappa shape index (κ2) is 252. The summed E-state index contributed by atoms with van der Waals surface area (Å²) in [4.78, 5) is 0. The summed E-state index contributed by atoms with van der Waals surface area (Å²) in [5.74, 6) is 0. The van der Waals surface area contributed by atoms with Gasteiger partial charge in [0.05, 0.1) is 0 Å². The molecule has 0 amide bonds. The molecule has 72 valence electrons. The molecule has 0 aliphatic rings. The van der Waals surface area contributed by atoms with Crippen LogP contribution in [0.4, 0.5) is 0 Å². The second-order valence-corrected chi connectivity index (χ2v) is 0. The molecule has 0 aliphatic carbocycles. The summed E-state index contributed by atoms with van der Waals surface area (Å²) in [6.45, 7) is 0. The van der Waals surface area contributed by atoms with Gasteiger partial charge in [-0.2, -0.15) is 0 Å². The third kappa shape index (κ3) is 211. The van der Waals surface area contributed by atoms with Crippen LogP contribution >= 0.6 is 0 Å². The Hall–Kier alpha value is 2.59. The minimum Gasteiger partial charge on any atom is -0.870 e. The second-order valence-electron chi connectivity index (χ2n) is 0. The number of hydrogen-bond acceptors (Lipinski definition) is 8. The van der Waals surface area contributed by atoms with Crippen LogP contribution in [0.15, 0.2) is 0 Å². The van der Waals surface area contributed by atoms with E-state index in [2.05, 4.69) is 0 Å². The molecule has 0 radical (unpaired) electrons. The van der Waals surface area contributed by atoms with Crippen LogP contribution in [0.2, 0.25) is 0 Å². The molecule has 0 aromatic carbocycles. The van der Waals surface area contributed by atoms with Gasteiger partial charge in [-0.3, -0.25) is 0 Å². The van der Waals surface area contributed by atoms with Crippen LogP contribution in [0.1, 0.15) is 0 Å². The summed E-state index contributed by atoms with van der Waals surface area (Å²) in [5.41, 5.74) is 0. The van der Waals surface area contributed by atoms with E-state index in [0.717, 1.165) is 0 Å². The van der Waals surface area contributed by atoms with E-state index in [1.165, 1.54) is 0 Å². The molecule has 0 fully saturated rings. The molecule has 0 rings (SSSR count). The predicted molar refractivity (Wildman–Crippen MR) is 21.2 cm³/mol. The minimum atomic E-state index is 0. The van der Waals surface area contributed by atoms with Crippen molar-refractivity contribution in [2.24, 2.45) is 0 Å². The van der Waals surface area contributed by atoms with Crippen molar-refractivity contribution in [1.29, 1.82) is 0 Å². The molecule has 0 heterocycles. The average Bonchev–Trinajstić information content (AvgIpc) is 0. The smallest absolute Gasteiger partial charge is 0.870 e. The van der Waals surface area contributed by atoms with Crippen molar-refractivity contribution in [3.05, 3.63) is 0 Å². The van der Waals surface area contributed by atoms with E-state index in [9.17, 15) is 0 Å². The van der Waals surface area contributed by atoms with Gasteiger partial charge in [-0.25, -0.2) is 0 Å². The predicted octanol–water partition coefficient (Wildman–Crippen LogP) is -1.80. The molecule has 0 bridgehead atoms. The monoisotopic (exact) mass is 320 g/mol. The first-order valence-corrected chi connectivity index (χ1v) is 0. The molecular formula is H8O8SrTi2-6. The minimum absolute atomic E-state index is 0. The van der Waals surface area contributed by atoms with E-state index in [1.807, 2.05) is 0 Å². The van der Waals surface area contributed by atoms with Crippen LogP contribution in [0.5, 0.6) is 0 Å². The van der Waals surface area contributed by atoms with Gasteiger partial charge in [0, 0.05) is 43.4 Å². The van der Waals surface area contributed by atoms with Crippen molar-refractivity contribution in [3.63, 3.8) is 0 Å². The fraction of sp³-hybridized carbons (Fsp3) is 0. The van der Waals surface area contributed by atoms with E-state index < -0.39 is 0 Å². The number of hydrogen-bond donors (Lipinski definition) is 0. The first-order chi connectivity index (χ1) is 0.